The fourth-order valence-electron chi connectivity index (χ4n) is 3.52. The van der Waals surface area contributed by atoms with Crippen LogP contribution in [-0.2, 0) is 22.6 Å². The lowest BCUT2D eigenvalue weighted by Gasteiger charge is -2.31. The summed E-state index contributed by atoms with van der Waals surface area (Å²) in [6.07, 6.45) is 2.67. The lowest BCUT2D eigenvalue weighted by atomic mass is 10.0. The van der Waals surface area contributed by atoms with Crippen LogP contribution in [0.1, 0.15) is 55.4 Å². The van der Waals surface area contributed by atoms with Gasteiger partial charge >= 0.3 is 0 Å². The highest BCUT2D eigenvalue weighted by Crippen LogP contribution is 2.24. The van der Waals surface area contributed by atoms with Crippen LogP contribution in [0.2, 0.25) is 10.0 Å². The van der Waals surface area contributed by atoms with Gasteiger partial charge in [0.1, 0.15) is 6.04 Å². The quantitative estimate of drug-likeness (QED) is 0.448. The van der Waals surface area contributed by atoms with Crippen LogP contribution in [0.4, 0.5) is 0 Å². The lowest BCUT2D eigenvalue weighted by Crippen LogP contribution is -2.49. The maximum Gasteiger partial charge on any atom is 0.242 e. The second kappa shape index (κ2) is 12.1. The molecule has 0 bridgehead atoms. The van der Waals surface area contributed by atoms with E-state index in [1.165, 1.54) is 0 Å². The highest BCUT2D eigenvalue weighted by atomic mass is 35.5. The fraction of sp³-hybridized carbons (Fsp3) is 0.440. The number of benzene rings is 2. The molecule has 1 N–H and O–H groups in total. The summed E-state index contributed by atoms with van der Waals surface area (Å²) in [4.78, 5) is 28.1. The molecule has 0 spiro atoms. The average Bonchev–Trinajstić information content (AvgIpc) is 2.73. The van der Waals surface area contributed by atoms with Gasteiger partial charge in [-0.1, -0.05) is 73.3 Å². The molecular weight excluding hydrogens is 431 g/mol. The second-order valence-electron chi connectivity index (χ2n) is 7.95. The molecule has 2 rings (SSSR count). The van der Waals surface area contributed by atoms with Crippen LogP contribution in [0.3, 0.4) is 0 Å². The van der Waals surface area contributed by atoms with Crippen LogP contribution >= 0.6 is 23.2 Å². The SMILES string of the molecule is CCCCNC(=O)[C@H](CC)N(Cc1ccc(Cl)c(Cl)c1)C(=O)Cc1cc(C)ccc1C. The van der Waals surface area contributed by atoms with E-state index in [1.54, 1.807) is 17.0 Å². The molecule has 0 aliphatic rings. The first kappa shape index (κ1) is 25.2. The van der Waals surface area contributed by atoms with Crippen molar-refractivity contribution in [3.8, 4) is 0 Å². The number of halogens is 2. The summed E-state index contributed by atoms with van der Waals surface area (Å²) < 4.78 is 0. The summed E-state index contributed by atoms with van der Waals surface area (Å²) in [5, 5.41) is 3.87. The minimum atomic E-state index is -0.552. The molecule has 0 fully saturated rings. The van der Waals surface area contributed by atoms with E-state index < -0.39 is 6.04 Å². The normalized spacial score (nSPS) is 11.8. The number of aryl methyl sites for hydroxylation is 2. The zero-order valence-electron chi connectivity index (χ0n) is 18.8. The van der Waals surface area contributed by atoms with Gasteiger partial charge in [0.25, 0.3) is 0 Å². The maximum atomic E-state index is 13.5. The zero-order chi connectivity index (χ0) is 23.0. The van der Waals surface area contributed by atoms with Crippen molar-refractivity contribution < 1.29 is 9.59 Å². The van der Waals surface area contributed by atoms with Crippen LogP contribution in [0.25, 0.3) is 0 Å². The highest BCUT2D eigenvalue weighted by Gasteiger charge is 2.28. The van der Waals surface area contributed by atoms with Crippen LogP contribution in [0.15, 0.2) is 36.4 Å². The Morgan fingerprint density at radius 1 is 1.03 bits per heavy atom. The van der Waals surface area contributed by atoms with Crippen molar-refractivity contribution in [1.29, 1.82) is 0 Å². The van der Waals surface area contributed by atoms with Gasteiger partial charge in [0.05, 0.1) is 16.5 Å². The third-order valence-electron chi connectivity index (χ3n) is 5.40. The monoisotopic (exact) mass is 462 g/mol. The van der Waals surface area contributed by atoms with Gasteiger partial charge in [-0.3, -0.25) is 9.59 Å². The highest BCUT2D eigenvalue weighted by molar-refractivity contribution is 6.42. The maximum absolute atomic E-state index is 13.5. The first-order valence-electron chi connectivity index (χ1n) is 10.8. The summed E-state index contributed by atoms with van der Waals surface area (Å²) in [6, 6.07) is 10.9. The number of unbranched alkanes of at least 4 members (excludes halogenated alkanes) is 1. The smallest absolute Gasteiger partial charge is 0.242 e. The first-order chi connectivity index (χ1) is 14.8. The van der Waals surface area contributed by atoms with Gasteiger partial charge in [-0.15, -0.1) is 0 Å². The minimum absolute atomic E-state index is 0.0859. The van der Waals surface area contributed by atoms with Crippen LogP contribution in [0.5, 0.6) is 0 Å². The van der Waals surface area contributed by atoms with Crippen LogP contribution in [-0.4, -0.2) is 29.3 Å². The summed E-state index contributed by atoms with van der Waals surface area (Å²) in [6.45, 7) is 8.92. The molecule has 0 aliphatic carbocycles. The van der Waals surface area contributed by atoms with Crippen molar-refractivity contribution >= 4 is 35.0 Å². The molecule has 0 aromatic heterocycles. The molecule has 0 heterocycles. The Morgan fingerprint density at radius 3 is 2.42 bits per heavy atom. The number of amides is 2. The molecule has 0 aliphatic heterocycles. The molecule has 0 unspecified atom stereocenters. The van der Waals surface area contributed by atoms with Crippen molar-refractivity contribution in [3.05, 3.63) is 68.7 Å². The molecule has 2 aromatic rings. The number of carbonyl (C=O) groups excluding carboxylic acids is 2. The van der Waals surface area contributed by atoms with Crippen molar-refractivity contribution in [2.75, 3.05) is 6.54 Å². The van der Waals surface area contributed by atoms with Gasteiger partial charge < -0.3 is 10.2 Å². The third-order valence-corrected chi connectivity index (χ3v) is 6.14. The van der Waals surface area contributed by atoms with Gasteiger partial charge in [0, 0.05) is 13.1 Å². The fourth-order valence-corrected chi connectivity index (χ4v) is 3.84. The van der Waals surface area contributed by atoms with E-state index in [2.05, 4.69) is 12.2 Å². The Hall–Kier alpha value is -2.04. The van der Waals surface area contributed by atoms with Crippen LogP contribution < -0.4 is 5.32 Å². The van der Waals surface area contributed by atoms with Crippen molar-refractivity contribution in [2.45, 2.75) is 66.0 Å². The molecule has 0 saturated heterocycles. The number of nitrogens with one attached hydrogen (secondary N) is 1. The van der Waals surface area contributed by atoms with Crippen molar-refractivity contribution in [1.82, 2.24) is 10.2 Å². The minimum Gasteiger partial charge on any atom is -0.354 e. The predicted molar refractivity (Wildman–Crippen MR) is 129 cm³/mol. The topological polar surface area (TPSA) is 49.4 Å². The summed E-state index contributed by atoms with van der Waals surface area (Å²) in [5.41, 5.74) is 3.98. The predicted octanol–water partition coefficient (Wildman–Crippen LogP) is 5.88. The number of hydrogen-bond donors (Lipinski definition) is 1. The Morgan fingerprint density at radius 2 is 1.77 bits per heavy atom. The van der Waals surface area contributed by atoms with E-state index in [9.17, 15) is 9.59 Å². The Balaban J connectivity index is 2.32. The van der Waals surface area contributed by atoms with E-state index in [4.69, 9.17) is 23.2 Å². The van der Waals surface area contributed by atoms with E-state index in [0.717, 1.165) is 35.1 Å². The van der Waals surface area contributed by atoms with Gasteiger partial charge in [0.15, 0.2) is 0 Å². The van der Waals surface area contributed by atoms with Gasteiger partial charge in [-0.05, 0) is 55.5 Å². The van der Waals surface area contributed by atoms with Gasteiger partial charge in [-0.25, -0.2) is 0 Å². The molecule has 0 saturated carbocycles. The molecule has 2 aromatic carbocycles. The number of nitrogens with zero attached hydrogens (tertiary/aromatic N) is 1. The summed E-state index contributed by atoms with van der Waals surface area (Å²) in [5.74, 6) is -0.206. The summed E-state index contributed by atoms with van der Waals surface area (Å²) in [7, 11) is 0. The van der Waals surface area contributed by atoms with E-state index in [1.807, 2.05) is 45.0 Å². The average molecular weight is 463 g/mol. The van der Waals surface area contributed by atoms with Gasteiger partial charge in [0.2, 0.25) is 11.8 Å². The Bertz CT molecular complexity index is 914. The van der Waals surface area contributed by atoms with E-state index in [-0.39, 0.29) is 18.2 Å². The summed E-state index contributed by atoms with van der Waals surface area (Å²) >= 11 is 12.2. The lowest BCUT2D eigenvalue weighted by molar-refractivity contribution is -0.140. The zero-order valence-corrected chi connectivity index (χ0v) is 20.3. The molecule has 6 heteroatoms. The second-order valence-corrected chi connectivity index (χ2v) is 8.76. The van der Waals surface area contributed by atoms with Crippen LogP contribution in [0, 0.1) is 13.8 Å². The van der Waals surface area contributed by atoms with Crippen molar-refractivity contribution in [3.63, 3.8) is 0 Å². The van der Waals surface area contributed by atoms with Crippen molar-refractivity contribution in [2.24, 2.45) is 0 Å². The van der Waals surface area contributed by atoms with E-state index >= 15 is 0 Å². The number of carbonyl (C=O) groups is 2. The Kier molecular flexibility index (Phi) is 9.86. The Labute approximate surface area is 195 Å². The van der Waals surface area contributed by atoms with E-state index in [0.29, 0.717) is 29.6 Å². The first-order valence-corrected chi connectivity index (χ1v) is 11.6. The third kappa shape index (κ3) is 7.26. The molecular formula is C25H32Cl2N2O2. The number of hydrogen-bond acceptors (Lipinski definition) is 2. The number of rotatable bonds is 10. The standard InChI is InChI=1S/C25H32Cl2N2O2/c1-5-7-12-28-25(31)23(6-2)29(16-19-10-11-21(26)22(27)14-19)24(30)15-20-13-17(3)8-9-18(20)4/h8-11,13-14,23H,5-7,12,15-16H2,1-4H3,(H,28,31)/t23-/m0/s1. The van der Waals surface area contributed by atoms with Gasteiger partial charge in [-0.2, -0.15) is 0 Å². The molecule has 2 amide bonds. The molecule has 4 nitrogen and oxygen atoms in total. The molecule has 31 heavy (non-hydrogen) atoms. The molecule has 168 valence electrons. The largest absolute Gasteiger partial charge is 0.354 e. The molecule has 0 radical (unpaired) electrons. The molecule has 1 atom stereocenters.